The summed E-state index contributed by atoms with van der Waals surface area (Å²) in [6.45, 7) is 3.67. The van der Waals surface area contributed by atoms with E-state index in [1.165, 1.54) is 6.07 Å². The molecule has 0 saturated carbocycles. The summed E-state index contributed by atoms with van der Waals surface area (Å²) in [5.41, 5.74) is 4.43. The highest BCUT2D eigenvalue weighted by molar-refractivity contribution is 6.14. The van der Waals surface area contributed by atoms with Crippen molar-refractivity contribution in [1.29, 1.82) is 5.41 Å². The van der Waals surface area contributed by atoms with Crippen LogP contribution >= 0.6 is 0 Å². The summed E-state index contributed by atoms with van der Waals surface area (Å²) < 4.78 is 33.1. The van der Waals surface area contributed by atoms with Crippen LogP contribution in [0.2, 0.25) is 0 Å². The van der Waals surface area contributed by atoms with Crippen molar-refractivity contribution in [2.75, 3.05) is 49.7 Å². The maximum Gasteiger partial charge on any atom is 0.161 e. The van der Waals surface area contributed by atoms with Crippen LogP contribution in [0.4, 0.5) is 15.9 Å². The van der Waals surface area contributed by atoms with Crippen molar-refractivity contribution in [1.82, 2.24) is 4.98 Å². The second kappa shape index (κ2) is 13.8. The minimum Gasteiger partial charge on any atom is -0.378 e. The third kappa shape index (κ3) is 6.40. The Labute approximate surface area is 274 Å². The summed E-state index contributed by atoms with van der Waals surface area (Å²) in [4.78, 5) is 6.77. The van der Waals surface area contributed by atoms with Crippen molar-refractivity contribution in [3.63, 3.8) is 0 Å². The standard InChI is InChI=1S/C39H37FN4O3/c40-34-27-35(43-39(30-10-4-1-5-11-30,31-12-6-2-7-13-31)32-14-8-3-9-15-32)33(24-29(34)26-37-46-22-23-47-37)38(41)28-16-17-42-36(25-28)44-18-20-45-21-19-44/h1-17,24-25,27,37,41,43H,18-23,26H2. The number of nitrogens with zero attached hydrogens (tertiary/aromatic N) is 2. The van der Waals surface area contributed by atoms with E-state index < -0.39 is 17.6 Å². The van der Waals surface area contributed by atoms with Crippen molar-refractivity contribution in [2.45, 2.75) is 18.2 Å². The van der Waals surface area contributed by atoms with E-state index in [0.29, 0.717) is 48.8 Å². The Morgan fingerprint density at radius 1 is 0.787 bits per heavy atom. The van der Waals surface area contributed by atoms with E-state index in [4.69, 9.17) is 14.2 Å². The van der Waals surface area contributed by atoms with Crippen molar-refractivity contribution < 1.29 is 18.6 Å². The largest absolute Gasteiger partial charge is 0.378 e. The molecule has 7 nitrogen and oxygen atoms in total. The van der Waals surface area contributed by atoms with Gasteiger partial charge in [0.1, 0.15) is 17.2 Å². The van der Waals surface area contributed by atoms with Gasteiger partial charge in [-0.05, 0) is 46.5 Å². The molecule has 0 radical (unpaired) electrons. The molecule has 2 saturated heterocycles. The highest BCUT2D eigenvalue weighted by Gasteiger charge is 2.37. The Hall–Kier alpha value is -4.89. The second-order valence-electron chi connectivity index (χ2n) is 11.7. The zero-order valence-electron chi connectivity index (χ0n) is 26.1. The normalized spacial score (nSPS) is 15.5. The molecule has 5 aromatic rings. The van der Waals surface area contributed by atoms with Crippen LogP contribution in [-0.2, 0) is 26.2 Å². The molecule has 7 rings (SSSR count). The highest BCUT2D eigenvalue weighted by Crippen LogP contribution is 2.41. The number of hydrogen-bond donors (Lipinski definition) is 2. The Morgan fingerprint density at radius 3 is 1.94 bits per heavy atom. The average Bonchev–Trinajstić information content (AvgIpc) is 3.66. The van der Waals surface area contributed by atoms with Gasteiger partial charge >= 0.3 is 0 Å². The molecule has 2 N–H and O–H groups in total. The van der Waals surface area contributed by atoms with E-state index in [9.17, 15) is 5.41 Å². The van der Waals surface area contributed by atoms with Crippen molar-refractivity contribution in [3.8, 4) is 0 Å². The number of rotatable bonds is 10. The summed E-state index contributed by atoms with van der Waals surface area (Å²) in [5, 5.41) is 13.4. The van der Waals surface area contributed by atoms with E-state index in [1.54, 1.807) is 12.3 Å². The van der Waals surface area contributed by atoms with E-state index in [-0.39, 0.29) is 12.1 Å². The van der Waals surface area contributed by atoms with Gasteiger partial charge in [0.25, 0.3) is 0 Å². The fourth-order valence-electron chi connectivity index (χ4n) is 6.47. The van der Waals surface area contributed by atoms with Crippen LogP contribution in [0, 0.1) is 11.2 Å². The monoisotopic (exact) mass is 628 g/mol. The molecule has 2 aliphatic heterocycles. The Bertz CT molecular complexity index is 1710. The number of aromatic nitrogens is 1. The molecule has 0 unspecified atom stereocenters. The fraction of sp³-hybridized carbons (Fsp3) is 0.231. The highest BCUT2D eigenvalue weighted by atomic mass is 19.1. The van der Waals surface area contributed by atoms with Gasteiger partial charge < -0.3 is 24.4 Å². The smallest absolute Gasteiger partial charge is 0.161 e. The van der Waals surface area contributed by atoms with E-state index in [0.717, 1.165) is 35.6 Å². The van der Waals surface area contributed by atoms with Gasteiger partial charge in [0.05, 0.1) is 32.1 Å². The lowest BCUT2D eigenvalue weighted by Crippen LogP contribution is -2.38. The Morgan fingerprint density at radius 2 is 1.36 bits per heavy atom. The molecule has 1 aromatic heterocycles. The second-order valence-corrected chi connectivity index (χ2v) is 11.7. The topological polar surface area (TPSA) is 79.7 Å². The van der Waals surface area contributed by atoms with E-state index in [2.05, 4.69) is 51.6 Å². The SMILES string of the molecule is N=C(c1ccnc(N2CCOCC2)c1)c1cc(CC2OCCO2)c(F)cc1NC(c1ccccc1)(c1ccccc1)c1ccccc1. The minimum atomic E-state index is -0.915. The number of pyridine rings is 1. The number of halogens is 1. The van der Waals surface area contributed by atoms with Crippen molar-refractivity contribution in [3.05, 3.63) is 161 Å². The van der Waals surface area contributed by atoms with Gasteiger partial charge in [-0.15, -0.1) is 0 Å². The summed E-state index contributed by atoms with van der Waals surface area (Å²) in [5.74, 6) is 0.391. The zero-order valence-corrected chi connectivity index (χ0v) is 26.1. The number of morpholine rings is 1. The van der Waals surface area contributed by atoms with Gasteiger partial charge in [0.2, 0.25) is 0 Å². The average molecular weight is 629 g/mol. The summed E-state index contributed by atoms with van der Waals surface area (Å²) in [6.07, 6.45) is 1.44. The lowest BCUT2D eigenvalue weighted by atomic mass is 9.76. The maximum atomic E-state index is 16.2. The molecule has 238 valence electrons. The lowest BCUT2D eigenvalue weighted by Gasteiger charge is -2.38. The molecule has 2 fully saturated rings. The summed E-state index contributed by atoms with van der Waals surface area (Å²) in [7, 11) is 0. The van der Waals surface area contributed by atoms with Gasteiger partial charge in [0, 0.05) is 42.5 Å². The molecule has 8 heteroatoms. The van der Waals surface area contributed by atoms with Crippen molar-refractivity contribution >= 4 is 17.2 Å². The molecule has 0 atom stereocenters. The third-order valence-corrected chi connectivity index (χ3v) is 8.85. The van der Waals surface area contributed by atoms with E-state index in [1.807, 2.05) is 66.7 Å². The van der Waals surface area contributed by atoms with Gasteiger partial charge in [0.15, 0.2) is 6.29 Å². The number of benzene rings is 4. The Kier molecular flexibility index (Phi) is 9.06. The summed E-state index contributed by atoms with van der Waals surface area (Å²) >= 11 is 0. The van der Waals surface area contributed by atoms with Crippen molar-refractivity contribution in [2.24, 2.45) is 0 Å². The molecule has 0 spiro atoms. The van der Waals surface area contributed by atoms with Crippen LogP contribution in [0.25, 0.3) is 0 Å². The van der Waals surface area contributed by atoms with Gasteiger partial charge in [-0.3, -0.25) is 5.41 Å². The first kappa shape index (κ1) is 30.7. The molecule has 0 amide bonds. The molecule has 0 bridgehead atoms. The molecule has 0 aliphatic carbocycles. The number of hydrogen-bond acceptors (Lipinski definition) is 7. The first-order chi connectivity index (χ1) is 23.1. The first-order valence-electron chi connectivity index (χ1n) is 16.0. The van der Waals surface area contributed by atoms with Crippen LogP contribution in [0.3, 0.4) is 0 Å². The van der Waals surface area contributed by atoms with Crippen LogP contribution in [0.15, 0.2) is 121 Å². The van der Waals surface area contributed by atoms with Crippen LogP contribution in [0.1, 0.15) is 33.4 Å². The van der Waals surface area contributed by atoms with Gasteiger partial charge in [-0.2, -0.15) is 0 Å². The lowest BCUT2D eigenvalue weighted by molar-refractivity contribution is -0.0404. The van der Waals surface area contributed by atoms with E-state index >= 15 is 4.39 Å². The quantitative estimate of drug-likeness (QED) is 0.131. The van der Waals surface area contributed by atoms with Crippen LogP contribution < -0.4 is 10.2 Å². The molecule has 47 heavy (non-hydrogen) atoms. The maximum absolute atomic E-state index is 16.2. The molecule has 4 aromatic carbocycles. The zero-order chi connectivity index (χ0) is 32.1. The molecular formula is C39H37FN4O3. The fourth-order valence-corrected chi connectivity index (χ4v) is 6.47. The Balaban J connectivity index is 1.39. The molecule has 2 aliphatic rings. The van der Waals surface area contributed by atoms with Gasteiger partial charge in [-0.25, -0.2) is 9.37 Å². The molecule has 3 heterocycles. The molecular weight excluding hydrogens is 591 g/mol. The summed E-state index contributed by atoms with van der Waals surface area (Å²) in [6, 6.07) is 37.5. The number of anilines is 2. The van der Waals surface area contributed by atoms with Crippen LogP contribution in [0.5, 0.6) is 0 Å². The predicted molar refractivity (Wildman–Crippen MR) is 182 cm³/mol. The number of nitrogens with one attached hydrogen (secondary N) is 2. The predicted octanol–water partition coefficient (Wildman–Crippen LogP) is 6.79. The minimum absolute atomic E-state index is 0.239. The third-order valence-electron chi connectivity index (χ3n) is 8.85. The number of ether oxygens (including phenoxy) is 3. The first-order valence-corrected chi connectivity index (χ1v) is 16.0. The van der Waals surface area contributed by atoms with Gasteiger partial charge in [-0.1, -0.05) is 91.0 Å². The van der Waals surface area contributed by atoms with Crippen LogP contribution in [-0.4, -0.2) is 56.5 Å².